The van der Waals surface area contributed by atoms with Crippen LogP contribution in [0.2, 0.25) is 5.02 Å². The highest BCUT2D eigenvalue weighted by Gasteiger charge is 2.36. The third-order valence-corrected chi connectivity index (χ3v) is 4.35. The quantitative estimate of drug-likeness (QED) is 0.908. The van der Waals surface area contributed by atoms with E-state index in [4.69, 9.17) is 11.6 Å². The second-order valence-corrected chi connectivity index (χ2v) is 6.23. The zero-order valence-electron chi connectivity index (χ0n) is 12.2. The molecule has 1 saturated carbocycles. The molecule has 1 aliphatic carbocycles. The lowest BCUT2D eigenvalue weighted by Gasteiger charge is -2.37. The van der Waals surface area contributed by atoms with Gasteiger partial charge < -0.3 is 10.4 Å². The number of carbonyl (C=O) groups excluding carboxylic acids is 1. The van der Waals surface area contributed by atoms with Crippen molar-refractivity contribution in [2.75, 3.05) is 0 Å². The van der Waals surface area contributed by atoms with E-state index in [2.05, 4.69) is 10.4 Å². The molecule has 6 heteroatoms. The summed E-state index contributed by atoms with van der Waals surface area (Å²) in [6, 6.07) is 6.66. The van der Waals surface area contributed by atoms with Crippen LogP contribution in [0.25, 0.3) is 0 Å². The number of benzene rings is 1. The molecule has 1 aliphatic rings. The van der Waals surface area contributed by atoms with Crippen molar-refractivity contribution in [3.63, 3.8) is 0 Å². The van der Waals surface area contributed by atoms with Crippen LogP contribution < -0.4 is 5.32 Å². The Bertz CT molecular complexity index is 662. The van der Waals surface area contributed by atoms with Crippen molar-refractivity contribution in [1.29, 1.82) is 0 Å². The first kappa shape index (κ1) is 15.1. The van der Waals surface area contributed by atoms with Gasteiger partial charge in [-0.05, 0) is 43.0 Å². The fraction of sp³-hybridized carbons (Fsp3) is 0.375. The molecule has 2 N–H and O–H groups in total. The van der Waals surface area contributed by atoms with Crippen molar-refractivity contribution in [2.24, 2.45) is 13.0 Å². The SMILES string of the molecule is Cn1cc([C@H](NC(=O)c2ccc(Cl)cc2)C2CC(O)C2)cn1. The molecule has 0 unspecified atom stereocenters. The van der Waals surface area contributed by atoms with Crippen LogP contribution in [-0.2, 0) is 7.05 Å². The van der Waals surface area contributed by atoms with E-state index in [1.165, 1.54) is 0 Å². The van der Waals surface area contributed by atoms with Gasteiger partial charge in [0.15, 0.2) is 0 Å². The van der Waals surface area contributed by atoms with Crippen molar-refractivity contribution in [3.05, 3.63) is 52.8 Å². The number of aromatic nitrogens is 2. The Morgan fingerprint density at radius 2 is 2.09 bits per heavy atom. The van der Waals surface area contributed by atoms with Crippen LogP contribution in [0.1, 0.15) is 34.8 Å². The smallest absolute Gasteiger partial charge is 0.251 e. The van der Waals surface area contributed by atoms with Crippen LogP contribution in [0.15, 0.2) is 36.7 Å². The first-order valence-corrected chi connectivity index (χ1v) is 7.64. The Morgan fingerprint density at radius 1 is 1.41 bits per heavy atom. The largest absolute Gasteiger partial charge is 0.393 e. The molecule has 1 atom stereocenters. The predicted molar refractivity (Wildman–Crippen MR) is 83.6 cm³/mol. The summed E-state index contributed by atoms with van der Waals surface area (Å²) in [5.74, 6) is 0.0855. The number of rotatable bonds is 4. The Balaban J connectivity index is 1.77. The van der Waals surface area contributed by atoms with Gasteiger partial charge in [-0.25, -0.2) is 0 Å². The lowest BCUT2D eigenvalue weighted by molar-refractivity contribution is 0.0235. The molecule has 5 nitrogen and oxygen atoms in total. The van der Waals surface area contributed by atoms with E-state index >= 15 is 0 Å². The molecule has 2 aromatic rings. The van der Waals surface area contributed by atoms with Crippen LogP contribution in [0.4, 0.5) is 0 Å². The maximum absolute atomic E-state index is 12.4. The van der Waals surface area contributed by atoms with E-state index in [1.807, 2.05) is 13.2 Å². The molecular weight excluding hydrogens is 302 g/mol. The number of hydrogen-bond donors (Lipinski definition) is 2. The second-order valence-electron chi connectivity index (χ2n) is 5.79. The summed E-state index contributed by atoms with van der Waals surface area (Å²) in [4.78, 5) is 12.4. The van der Waals surface area contributed by atoms with E-state index in [9.17, 15) is 9.90 Å². The summed E-state index contributed by atoms with van der Waals surface area (Å²) < 4.78 is 1.71. The average Bonchev–Trinajstić information content (AvgIpc) is 2.89. The third kappa shape index (κ3) is 3.15. The Labute approximate surface area is 133 Å². The van der Waals surface area contributed by atoms with Gasteiger partial charge in [-0.2, -0.15) is 5.10 Å². The van der Waals surface area contributed by atoms with E-state index < -0.39 is 0 Å². The normalized spacial score (nSPS) is 22.0. The number of amides is 1. The number of aryl methyl sites for hydroxylation is 1. The number of aliphatic hydroxyl groups excluding tert-OH is 1. The number of aliphatic hydroxyl groups is 1. The zero-order chi connectivity index (χ0) is 15.7. The molecule has 3 rings (SSSR count). The lowest BCUT2D eigenvalue weighted by Crippen LogP contribution is -2.41. The molecule has 0 radical (unpaired) electrons. The molecule has 0 aliphatic heterocycles. The minimum Gasteiger partial charge on any atom is -0.393 e. The molecule has 0 spiro atoms. The highest BCUT2D eigenvalue weighted by molar-refractivity contribution is 6.30. The van der Waals surface area contributed by atoms with Crippen LogP contribution in [0, 0.1) is 5.92 Å². The Morgan fingerprint density at radius 3 is 2.64 bits per heavy atom. The molecule has 1 aromatic carbocycles. The highest BCUT2D eigenvalue weighted by atomic mass is 35.5. The number of carbonyl (C=O) groups is 1. The summed E-state index contributed by atoms with van der Waals surface area (Å²) in [5.41, 5.74) is 1.53. The standard InChI is InChI=1S/C16H18ClN3O2/c1-20-9-12(8-18-20)15(11-6-14(21)7-11)19-16(22)10-2-4-13(17)5-3-10/h2-5,8-9,11,14-15,21H,6-7H2,1H3,(H,19,22)/t11?,14?,15-/m1/s1. The summed E-state index contributed by atoms with van der Waals surface area (Å²) in [6.45, 7) is 0. The maximum Gasteiger partial charge on any atom is 0.251 e. The Hall–Kier alpha value is -1.85. The molecule has 0 saturated heterocycles. The summed E-state index contributed by atoms with van der Waals surface area (Å²) in [6.07, 6.45) is 4.78. The first-order chi connectivity index (χ1) is 10.5. The van der Waals surface area contributed by atoms with Crippen LogP contribution in [0.5, 0.6) is 0 Å². The zero-order valence-corrected chi connectivity index (χ0v) is 13.0. The number of halogens is 1. The van der Waals surface area contributed by atoms with Gasteiger partial charge in [-0.1, -0.05) is 11.6 Å². The third-order valence-electron chi connectivity index (χ3n) is 4.10. The molecule has 116 valence electrons. The predicted octanol–water partition coefficient (Wildman–Crippen LogP) is 2.32. The summed E-state index contributed by atoms with van der Waals surface area (Å²) in [5, 5.41) is 17.4. The van der Waals surface area contributed by atoms with E-state index in [0.717, 1.165) is 5.56 Å². The van der Waals surface area contributed by atoms with Gasteiger partial charge in [0.2, 0.25) is 0 Å². The van der Waals surface area contributed by atoms with Crippen molar-refractivity contribution < 1.29 is 9.90 Å². The highest BCUT2D eigenvalue weighted by Crippen LogP contribution is 2.38. The molecule has 1 heterocycles. The Kier molecular flexibility index (Phi) is 4.18. The van der Waals surface area contributed by atoms with E-state index in [1.54, 1.807) is 35.1 Å². The van der Waals surface area contributed by atoms with Crippen LogP contribution in [0.3, 0.4) is 0 Å². The van der Waals surface area contributed by atoms with Gasteiger partial charge in [0.25, 0.3) is 5.91 Å². The van der Waals surface area contributed by atoms with Gasteiger partial charge in [-0.15, -0.1) is 0 Å². The second kappa shape index (κ2) is 6.10. The number of hydrogen-bond acceptors (Lipinski definition) is 3. The average molecular weight is 320 g/mol. The van der Waals surface area contributed by atoms with Crippen molar-refractivity contribution in [1.82, 2.24) is 15.1 Å². The van der Waals surface area contributed by atoms with Crippen molar-refractivity contribution in [2.45, 2.75) is 25.0 Å². The summed E-state index contributed by atoms with van der Waals surface area (Å²) in [7, 11) is 1.84. The fourth-order valence-corrected chi connectivity index (χ4v) is 2.93. The van der Waals surface area contributed by atoms with E-state index in [0.29, 0.717) is 23.4 Å². The summed E-state index contributed by atoms with van der Waals surface area (Å²) >= 11 is 5.85. The molecule has 0 bridgehead atoms. The van der Waals surface area contributed by atoms with Gasteiger partial charge in [-0.3, -0.25) is 9.48 Å². The number of nitrogens with zero attached hydrogens (tertiary/aromatic N) is 2. The van der Waals surface area contributed by atoms with Gasteiger partial charge >= 0.3 is 0 Å². The molecule has 1 fully saturated rings. The molecule has 1 aromatic heterocycles. The van der Waals surface area contributed by atoms with Crippen molar-refractivity contribution in [3.8, 4) is 0 Å². The minimum atomic E-state index is -0.267. The molecular formula is C16H18ClN3O2. The number of nitrogens with one attached hydrogen (secondary N) is 1. The molecule has 1 amide bonds. The van der Waals surface area contributed by atoms with Gasteiger partial charge in [0.05, 0.1) is 18.3 Å². The van der Waals surface area contributed by atoms with E-state index in [-0.39, 0.29) is 24.0 Å². The van der Waals surface area contributed by atoms with Crippen LogP contribution in [-0.4, -0.2) is 26.9 Å². The molecule has 22 heavy (non-hydrogen) atoms. The van der Waals surface area contributed by atoms with Crippen molar-refractivity contribution >= 4 is 17.5 Å². The van der Waals surface area contributed by atoms with Gasteiger partial charge in [0, 0.05) is 29.4 Å². The first-order valence-electron chi connectivity index (χ1n) is 7.26. The van der Waals surface area contributed by atoms with Gasteiger partial charge in [0.1, 0.15) is 0 Å². The minimum absolute atomic E-state index is 0.139. The fourth-order valence-electron chi connectivity index (χ4n) is 2.80. The maximum atomic E-state index is 12.4. The van der Waals surface area contributed by atoms with Crippen LogP contribution >= 0.6 is 11.6 Å². The monoisotopic (exact) mass is 319 g/mol. The lowest BCUT2D eigenvalue weighted by atomic mass is 9.75. The topological polar surface area (TPSA) is 67.2 Å².